The molecule has 0 bridgehead atoms. The second-order valence-corrected chi connectivity index (χ2v) is 15.8. The molecule has 3 atom stereocenters. The molecule has 0 spiro atoms. The van der Waals surface area contributed by atoms with E-state index in [1.54, 1.807) is 0 Å². The summed E-state index contributed by atoms with van der Waals surface area (Å²) in [4.78, 5) is 22.5. The summed E-state index contributed by atoms with van der Waals surface area (Å²) in [6.45, 7) is 3.33. The first kappa shape index (κ1) is 53.9. The summed E-state index contributed by atoms with van der Waals surface area (Å²) in [5, 5.41) is 18.3. The number of phosphoric ester groups is 1. The van der Waals surface area contributed by atoms with E-state index >= 15 is 0 Å². The maximum Gasteiger partial charge on any atom is 0.472 e. The Hall–Kier alpha value is -2.10. The topological polar surface area (TPSA) is 132 Å². The van der Waals surface area contributed by atoms with Gasteiger partial charge in [0.15, 0.2) is 0 Å². The number of esters is 1. The van der Waals surface area contributed by atoms with Gasteiger partial charge in [-0.3, -0.25) is 13.8 Å². The molecule has 0 heterocycles. The van der Waals surface area contributed by atoms with E-state index in [-0.39, 0.29) is 19.6 Å². The van der Waals surface area contributed by atoms with Gasteiger partial charge < -0.3 is 24.6 Å². The molecule has 0 fully saturated rings. The molecule has 0 aromatic carbocycles. The third kappa shape index (κ3) is 41.5. The molecule has 0 saturated carbocycles. The lowest BCUT2D eigenvalue weighted by Gasteiger charge is -2.20. The second-order valence-electron chi connectivity index (χ2n) is 14.3. The summed E-state index contributed by atoms with van der Waals surface area (Å²) in [5.41, 5.74) is 0. The third-order valence-electron chi connectivity index (χ3n) is 8.91. The molecule has 0 aromatic heterocycles. The number of aliphatic hydroxyl groups is 2. The Balaban J connectivity index is 4.17. The predicted molar refractivity (Wildman–Crippen MR) is 233 cm³/mol. The molecule has 0 aliphatic rings. The molecule has 9 nitrogen and oxygen atoms in total. The van der Waals surface area contributed by atoms with Gasteiger partial charge in [-0.2, -0.15) is 0 Å². The molecule has 0 radical (unpaired) electrons. The maximum atomic E-state index is 12.6. The van der Waals surface area contributed by atoms with Crippen LogP contribution in [0, 0.1) is 0 Å². The van der Waals surface area contributed by atoms with Gasteiger partial charge in [0.2, 0.25) is 0 Å². The van der Waals surface area contributed by atoms with Gasteiger partial charge in [-0.15, -0.1) is 0 Å². The highest BCUT2D eigenvalue weighted by Crippen LogP contribution is 2.43. The van der Waals surface area contributed by atoms with Gasteiger partial charge in [0.05, 0.1) is 26.4 Å². The van der Waals surface area contributed by atoms with Crippen LogP contribution in [0.4, 0.5) is 0 Å². The molecule has 0 rings (SSSR count). The zero-order valence-corrected chi connectivity index (χ0v) is 36.2. The number of hydrogen-bond donors (Lipinski definition) is 3. The molecule has 0 aliphatic heterocycles. The largest absolute Gasteiger partial charge is 0.472 e. The third-order valence-corrected chi connectivity index (χ3v) is 9.86. The van der Waals surface area contributed by atoms with Crippen LogP contribution in [-0.2, 0) is 27.9 Å². The van der Waals surface area contributed by atoms with Crippen molar-refractivity contribution in [3.63, 3.8) is 0 Å². The molecule has 0 aromatic rings. The van der Waals surface area contributed by atoms with Crippen molar-refractivity contribution in [3.8, 4) is 0 Å². The minimum Gasteiger partial charge on any atom is -0.457 e. The van der Waals surface area contributed by atoms with Crippen molar-refractivity contribution >= 4 is 13.8 Å². The van der Waals surface area contributed by atoms with Crippen molar-refractivity contribution in [2.24, 2.45) is 0 Å². The van der Waals surface area contributed by atoms with E-state index in [4.69, 9.17) is 23.6 Å². The number of carbonyl (C=O) groups excluding carboxylic acids is 1. The standard InChI is InChI=1S/C46H81O9P/c1-3-5-7-9-11-13-15-16-17-18-19-20-21-22-23-24-25-26-27-29-31-33-35-37-39-52-42-45(43-54-56(50,51)53-41-44(48)40-47)55-46(49)38-36-34-32-30-28-14-12-10-8-6-4-2/h5,7,11,13,16-17,19-20,22-23,25-26,44-45,47-48H,3-4,6,8-10,12,14-15,18,21,24,27-43H2,1-2H3,(H,50,51)/b7-5-,13-11-,17-16-,20-19-,23-22-,26-25-. The number of ether oxygens (including phenoxy) is 2. The van der Waals surface area contributed by atoms with Crippen LogP contribution in [0.2, 0.25) is 0 Å². The van der Waals surface area contributed by atoms with E-state index in [0.717, 1.165) is 96.3 Å². The first-order valence-corrected chi connectivity index (χ1v) is 23.4. The van der Waals surface area contributed by atoms with Crippen molar-refractivity contribution in [1.29, 1.82) is 0 Å². The van der Waals surface area contributed by atoms with E-state index in [2.05, 4.69) is 86.8 Å². The van der Waals surface area contributed by atoms with Crippen molar-refractivity contribution in [3.05, 3.63) is 72.9 Å². The molecule has 3 N–H and O–H groups in total. The monoisotopic (exact) mass is 809 g/mol. The number of rotatable bonds is 41. The zero-order chi connectivity index (χ0) is 41.1. The number of carbonyl (C=O) groups is 1. The number of aliphatic hydroxyl groups excluding tert-OH is 2. The fourth-order valence-corrected chi connectivity index (χ4v) is 6.38. The normalized spacial score (nSPS) is 14.7. The van der Waals surface area contributed by atoms with Crippen LogP contribution >= 0.6 is 7.82 Å². The maximum absolute atomic E-state index is 12.6. The zero-order valence-electron chi connectivity index (χ0n) is 35.3. The molecule has 10 heteroatoms. The first-order valence-electron chi connectivity index (χ1n) is 21.9. The SMILES string of the molecule is CC/C=C\C/C=C\C/C=C\C/C=C\C/C=C\C/C=C\CCCCCCCOCC(COP(=O)(O)OCC(O)CO)OC(=O)CCCCCCCCCCCCC. The van der Waals surface area contributed by atoms with E-state index < -0.39 is 39.2 Å². The number of allylic oxidation sites excluding steroid dienone is 12. The molecule has 324 valence electrons. The van der Waals surface area contributed by atoms with Gasteiger partial charge in [0.1, 0.15) is 12.2 Å². The van der Waals surface area contributed by atoms with Crippen molar-refractivity contribution in [1.82, 2.24) is 0 Å². The lowest BCUT2D eigenvalue weighted by molar-refractivity contribution is -0.154. The van der Waals surface area contributed by atoms with Gasteiger partial charge in [-0.25, -0.2) is 4.57 Å². The Morgan fingerprint density at radius 2 is 1.02 bits per heavy atom. The summed E-state index contributed by atoms with van der Waals surface area (Å²) in [7, 11) is -4.52. The van der Waals surface area contributed by atoms with Gasteiger partial charge in [0, 0.05) is 13.0 Å². The van der Waals surface area contributed by atoms with Gasteiger partial charge in [-0.05, 0) is 64.2 Å². The lowest BCUT2D eigenvalue weighted by atomic mass is 10.1. The quantitative estimate of drug-likeness (QED) is 0.0239. The van der Waals surface area contributed by atoms with E-state index in [1.807, 2.05) is 0 Å². The lowest BCUT2D eigenvalue weighted by Crippen LogP contribution is -2.29. The van der Waals surface area contributed by atoms with Crippen LogP contribution in [0.25, 0.3) is 0 Å². The highest BCUT2D eigenvalue weighted by Gasteiger charge is 2.26. The van der Waals surface area contributed by atoms with Crippen LogP contribution in [0.15, 0.2) is 72.9 Å². The number of unbranched alkanes of at least 4 members (excludes halogenated alkanes) is 15. The molecule has 56 heavy (non-hydrogen) atoms. The molecule has 0 aliphatic carbocycles. The molecule has 0 saturated heterocycles. The van der Waals surface area contributed by atoms with Crippen molar-refractivity contribution < 1.29 is 43.0 Å². The van der Waals surface area contributed by atoms with Gasteiger partial charge in [0.25, 0.3) is 0 Å². The summed E-state index contributed by atoms with van der Waals surface area (Å²) in [6.07, 6.45) is 50.1. The Morgan fingerprint density at radius 3 is 1.54 bits per heavy atom. The Labute approximate surface area is 342 Å². The summed E-state index contributed by atoms with van der Waals surface area (Å²) >= 11 is 0. The number of phosphoric acid groups is 1. The summed E-state index contributed by atoms with van der Waals surface area (Å²) in [6, 6.07) is 0. The highest BCUT2D eigenvalue weighted by atomic mass is 31.2. The molecular weight excluding hydrogens is 727 g/mol. The van der Waals surface area contributed by atoms with Crippen LogP contribution < -0.4 is 0 Å². The van der Waals surface area contributed by atoms with Crippen LogP contribution in [0.3, 0.4) is 0 Å². The van der Waals surface area contributed by atoms with Crippen LogP contribution in [-0.4, -0.2) is 66.3 Å². The highest BCUT2D eigenvalue weighted by molar-refractivity contribution is 7.47. The van der Waals surface area contributed by atoms with Crippen LogP contribution in [0.1, 0.15) is 168 Å². The summed E-state index contributed by atoms with van der Waals surface area (Å²) in [5.74, 6) is -0.394. The van der Waals surface area contributed by atoms with Crippen molar-refractivity contribution in [2.75, 3.05) is 33.0 Å². The first-order chi connectivity index (χ1) is 27.3. The van der Waals surface area contributed by atoms with E-state index in [9.17, 15) is 19.4 Å². The minimum absolute atomic E-state index is 0.0337. The molecular formula is C46H81O9P. The van der Waals surface area contributed by atoms with E-state index in [0.29, 0.717) is 6.61 Å². The average Bonchev–Trinajstić information content (AvgIpc) is 3.19. The summed E-state index contributed by atoms with van der Waals surface area (Å²) < 4.78 is 33.3. The van der Waals surface area contributed by atoms with E-state index in [1.165, 1.54) is 51.4 Å². The fraction of sp³-hybridized carbons (Fsp3) is 0.717. The second kappa shape index (κ2) is 42.5. The Bertz CT molecular complexity index is 1100. The molecule has 3 unspecified atom stereocenters. The van der Waals surface area contributed by atoms with Gasteiger partial charge >= 0.3 is 13.8 Å². The predicted octanol–water partition coefficient (Wildman–Crippen LogP) is 12.1. The fourth-order valence-electron chi connectivity index (χ4n) is 5.59. The Morgan fingerprint density at radius 1 is 0.571 bits per heavy atom. The number of hydrogen-bond acceptors (Lipinski definition) is 8. The van der Waals surface area contributed by atoms with Crippen LogP contribution in [0.5, 0.6) is 0 Å². The molecule has 0 amide bonds. The smallest absolute Gasteiger partial charge is 0.457 e. The van der Waals surface area contributed by atoms with Gasteiger partial charge in [-0.1, -0.05) is 170 Å². The minimum atomic E-state index is -4.52. The Kier molecular flexibility index (Phi) is 40.9. The van der Waals surface area contributed by atoms with Crippen molar-refractivity contribution in [2.45, 2.75) is 180 Å². The average molecular weight is 809 g/mol.